The van der Waals surface area contributed by atoms with Gasteiger partial charge in [0.25, 0.3) is 0 Å². The van der Waals surface area contributed by atoms with Gasteiger partial charge in [-0.2, -0.15) is 0 Å². The van der Waals surface area contributed by atoms with Crippen molar-refractivity contribution in [3.05, 3.63) is 112 Å². The molecule has 3 aromatic carbocycles. The summed E-state index contributed by atoms with van der Waals surface area (Å²) in [6.07, 6.45) is 11.1. The summed E-state index contributed by atoms with van der Waals surface area (Å²) in [6.45, 7) is 6.37. The molecule has 3 aromatic rings. The Kier molecular flexibility index (Phi) is 5.16. The molecule has 0 aromatic heterocycles. The summed E-state index contributed by atoms with van der Waals surface area (Å²) in [5.74, 6) is 2.90. The highest BCUT2D eigenvalue weighted by atomic mass is 14.2. The minimum absolute atomic E-state index is 0.238. The van der Waals surface area contributed by atoms with E-state index in [1.54, 1.807) is 0 Å². The maximum atomic E-state index is 5.73. The molecule has 0 bridgehead atoms. The summed E-state index contributed by atoms with van der Waals surface area (Å²) in [4.78, 5) is 0. The van der Waals surface area contributed by atoms with E-state index in [0.29, 0.717) is 0 Å². The highest BCUT2D eigenvalue weighted by molar-refractivity contribution is 5.75. The molecule has 0 fully saturated rings. The second kappa shape index (κ2) is 7.76. The lowest BCUT2D eigenvalue weighted by Gasteiger charge is -2.19. The third kappa shape index (κ3) is 4.20. The van der Waals surface area contributed by atoms with Crippen molar-refractivity contribution in [2.45, 2.75) is 45.4 Å². The third-order valence-corrected chi connectivity index (χ3v) is 5.98. The van der Waals surface area contributed by atoms with Crippen LogP contribution in [0.4, 0.5) is 0 Å². The first kappa shape index (κ1) is 19.3. The van der Waals surface area contributed by atoms with Crippen molar-refractivity contribution in [3.8, 4) is 12.3 Å². The number of aryl methyl sites for hydroxylation is 1. The quantitative estimate of drug-likeness (QED) is 0.436. The van der Waals surface area contributed by atoms with Crippen molar-refractivity contribution >= 4 is 5.57 Å². The molecule has 0 nitrogen and oxygen atoms in total. The number of benzene rings is 3. The molecule has 0 unspecified atom stereocenters. The first-order valence-corrected chi connectivity index (χ1v) is 10.4. The van der Waals surface area contributed by atoms with Crippen LogP contribution in [0.15, 0.2) is 72.8 Å². The molecule has 0 amide bonds. The van der Waals surface area contributed by atoms with E-state index >= 15 is 0 Å². The molecule has 0 saturated heterocycles. The van der Waals surface area contributed by atoms with E-state index in [1.165, 1.54) is 44.5 Å². The fourth-order valence-electron chi connectivity index (χ4n) is 4.14. The summed E-state index contributed by atoms with van der Waals surface area (Å²) in [5.41, 5.74) is 10.7. The van der Waals surface area contributed by atoms with Crippen LogP contribution >= 0.6 is 0 Å². The number of hydrogen-bond acceptors (Lipinski definition) is 0. The zero-order valence-electron chi connectivity index (χ0n) is 17.6. The van der Waals surface area contributed by atoms with E-state index in [4.69, 9.17) is 6.42 Å². The number of terminal acetylenes is 1. The number of allylic oxidation sites excluding steroid dienone is 2. The van der Waals surface area contributed by atoms with E-state index in [2.05, 4.69) is 99.5 Å². The largest absolute Gasteiger partial charge is 0.119 e. The second-order valence-corrected chi connectivity index (χ2v) is 8.74. The van der Waals surface area contributed by atoms with Gasteiger partial charge in [0.05, 0.1) is 5.41 Å². The topological polar surface area (TPSA) is 0 Å². The van der Waals surface area contributed by atoms with E-state index in [0.717, 1.165) is 19.3 Å². The fraction of sp³-hybridized carbons (Fsp3) is 0.241. The summed E-state index contributed by atoms with van der Waals surface area (Å²) < 4.78 is 0. The number of fused-ring (bicyclic) bond motifs is 1. The lowest BCUT2D eigenvalue weighted by molar-refractivity contribution is 0.698. The molecule has 0 radical (unpaired) electrons. The first-order chi connectivity index (χ1) is 13.9. The molecule has 0 saturated carbocycles. The van der Waals surface area contributed by atoms with Crippen LogP contribution < -0.4 is 0 Å². The van der Waals surface area contributed by atoms with Crippen molar-refractivity contribution in [2.75, 3.05) is 0 Å². The Morgan fingerprint density at radius 2 is 1.55 bits per heavy atom. The van der Waals surface area contributed by atoms with Crippen molar-refractivity contribution in [2.24, 2.45) is 0 Å². The molecule has 0 heteroatoms. The van der Waals surface area contributed by atoms with Crippen LogP contribution in [-0.4, -0.2) is 0 Å². The molecule has 0 aliphatic heterocycles. The number of rotatable bonds is 5. The predicted molar refractivity (Wildman–Crippen MR) is 124 cm³/mol. The Balaban J connectivity index is 1.53. The maximum absolute atomic E-state index is 5.73. The van der Waals surface area contributed by atoms with Crippen LogP contribution in [0.2, 0.25) is 0 Å². The van der Waals surface area contributed by atoms with E-state index < -0.39 is 0 Å². The SMILES string of the molecule is C#CC(C)(C)c1cccc(Cc2cccc(CC3=CCc4ccc(C)cc43)c2)c1. The van der Waals surface area contributed by atoms with Crippen molar-refractivity contribution in [1.82, 2.24) is 0 Å². The molecule has 0 heterocycles. The molecule has 4 rings (SSSR count). The second-order valence-electron chi connectivity index (χ2n) is 8.74. The van der Waals surface area contributed by atoms with Crippen molar-refractivity contribution in [1.29, 1.82) is 0 Å². The zero-order valence-corrected chi connectivity index (χ0v) is 17.6. The van der Waals surface area contributed by atoms with E-state index in [-0.39, 0.29) is 5.41 Å². The van der Waals surface area contributed by atoms with E-state index in [9.17, 15) is 0 Å². The number of hydrogen-bond donors (Lipinski definition) is 0. The van der Waals surface area contributed by atoms with Crippen molar-refractivity contribution < 1.29 is 0 Å². The Bertz CT molecular complexity index is 1120. The highest BCUT2D eigenvalue weighted by Gasteiger charge is 2.17. The van der Waals surface area contributed by atoms with Gasteiger partial charge in [0.1, 0.15) is 0 Å². The van der Waals surface area contributed by atoms with Gasteiger partial charge >= 0.3 is 0 Å². The summed E-state index contributed by atoms with van der Waals surface area (Å²) in [7, 11) is 0. The minimum atomic E-state index is -0.238. The van der Waals surface area contributed by atoms with Crippen LogP contribution in [0.25, 0.3) is 5.57 Å². The van der Waals surface area contributed by atoms with Crippen LogP contribution in [0.1, 0.15) is 52.8 Å². The Morgan fingerprint density at radius 3 is 2.31 bits per heavy atom. The highest BCUT2D eigenvalue weighted by Crippen LogP contribution is 2.31. The van der Waals surface area contributed by atoms with Gasteiger partial charge in [-0.3, -0.25) is 0 Å². The lowest BCUT2D eigenvalue weighted by atomic mass is 9.84. The zero-order chi connectivity index (χ0) is 20.4. The Hall–Kier alpha value is -3.04. The minimum Gasteiger partial charge on any atom is -0.119 e. The van der Waals surface area contributed by atoms with Gasteiger partial charge in [-0.15, -0.1) is 6.42 Å². The molecule has 0 N–H and O–H groups in total. The molecule has 29 heavy (non-hydrogen) atoms. The smallest absolute Gasteiger partial charge is 0.0504 e. The van der Waals surface area contributed by atoms with Gasteiger partial charge in [0.2, 0.25) is 0 Å². The van der Waals surface area contributed by atoms with E-state index in [1.807, 2.05) is 0 Å². The normalized spacial score (nSPS) is 13.0. The van der Waals surface area contributed by atoms with Gasteiger partial charge in [-0.05, 0) is 79.0 Å². The van der Waals surface area contributed by atoms with Gasteiger partial charge in [-0.1, -0.05) is 84.3 Å². The average Bonchev–Trinajstić information content (AvgIpc) is 3.10. The fourth-order valence-corrected chi connectivity index (χ4v) is 4.14. The van der Waals surface area contributed by atoms with Crippen LogP contribution in [0.3, 0.4) is 0 Å². The summed E-state index contributed by atoms with van der Waals surface area (Å²) >= 11 is 0. The van der Waals surface area contributed by atoms with Gasteiger partial charge in [0, 0.05) is 0 Å². The van der Waals surface area contributed by atoms with Crippen LogP contribution in [0.5, 0.6) is 0 Å². The lowest BCUT2D eigenvalue weighted by Crippen LogP contribution is -2.14. The molecule has 0 spiro atoms. The Labute approximate surface area is 175 Å². The predicted octanol–water partition coefficient (Wildman–Crippen LogP) is 6.68. The van der Waals surface area contributed by atoms with Crippen molar-refractivity contribution in [3.63, 3.8) is 0 Å². The Morgan fingerprint density at radius 1 is 0.862 bits per heavy atom. The average molecular weight is 377 g/mol. The monoisotopic (exact) mass is 376 g/mol. The molecular formula is C29H28. The summed E-state index contributed by atoms with van der Waals surface area (Å²) in [5, 5.41) is 0. The first-order valence-electron chi connectivity index (χ1n) is 10.4. The molecule has 1 aliphatic carbocycles. The van der Waals surface area contributed by atoms with Gasteiger partial charge in [0.15, 0.2) is 0 Å². The van der Waals surface area contributed by atoms with Crippen LogP contribution in [0, 0.1) is 19.3 Å². The molecule has 1 aliphatic rings. The third-order valence-electron chi connectivity index (χ3n) is 5.98. The van der Waals surface area contributed by atoms with Gasteiger partial charge in [-0.25, -0.2) is 0 Å². The maximum Gasteiger partial charge on any atom is 0.0504 e. The van der Waals surface area contributed by atoms with Crippen LogP contribution in [-0.2, 0) is 24.7 Å². The summed E-state index contributed by atoms with van der Waals surface area (Å²) in [6, 6.07) is 24.5. The molecular weight excluding hydrogens is 348 g/mol. The van der Waals surface area contributed by atoms with Gasteiger partial charge < -0.3 is 0 Å². The molecule has 144 valence electrons. The standard InChI is InChI=1S/C29H28/c1-5-29(3,4)27-11-7-10-24(20-27)18-22-8-6-9-23(17-22)19-26-15-14-25-13-12-21(2)16-28(25)26/h1,6-13,15-17,20H,14,18-19H2,2-4H3. The molecule has 0 atom stereocenters.